The predicted molar refractivity (Wildman–Crippen MR) is 173 cm³/mol. The monoisotopic (exact) mass is 621 g/mol. The molecule has 46 heavy (non-hydrogen) atoms. The second-order valence-corrected chi connectivity index (χ2v) is 11.4. The van der Waals surface area contributed by atoms with Gasteiger partial charge in [0, 0.05) is 47.5 Å². The van der Waals surface area contributed by atoms with Gasteiger partial charge in [0.15, 0.2) is 11.6 Å². The Hall–Kier alpha value is -5.16. The predicted octanol–water partition coefficient (Wildman–Crippen LogP) is 5.49. The fourth-order valence-electron chi connectivity index (χ4n) is 5.31. The van der Waals surface area contributed by atoms with Crippen LogP contribution in [0, 0.1) is 13.8 Å². The van der Waals surface area contributed by atoms with E-state index in [-0.39, 0.29) is 59.4 Å². The normalized spacial score (nSPS) is 12.6. The van der Waals surface area contributed by atoms with Gasteiger partial charge < -0.3 is 20.8 Å². The number of hydrogen-bond donors (Lipinski definition) is 5. The van der Waals surface area contributed by atoms with E-state index in [0.29, 0.717) is 16.4 Å². The molecule has 0 saturated carbocycles. The maximum Gasteiger partial charge on any atom is 0.277 e. The van der Waals surface area contributed by atoms with E-state index in [1.807, 2.05) is 62.4 Å². The fraction of sp³-hybridized carbons (Fsp3) is 0.222. The lowest BCUT2D eigenvalue weighted by molar-refractivity contribution is -0.122. The number of nitrogens with one attached hydrogen (secondary N) is 2. The summed E-state index contributed by atoms with van der Waals surface area (Å²) in [4.78, 5) is 53.2. The second-order valence-electron chi connectivity index (χ2n) is 11.4. The quantitative estimate of drug-likeness (QED) is 0.0898. The fourth-order valence-corrected chi connectivity index (χ4v) is 5.31. The van der Waals surface area contributed by atoms with Crippen LogP contribution >= 0.6 is 0 Å². The summed E-state index contributed by atoms with van der Waals surface area (Å²) in [6.07, 6.45) is -1.26. The van der Waals surface area contributed by atoms with Crippen molar-refractivity contribution < 1.29 is 34.6 Å². The SMILES string of the molecule is Cc1ccc(Nc2ccc(Nc3ccc(C)cc3)c3c2C(=O)c2ccc(C(=O)N(O)CCCC(=O)CC(O)CO)cc2C3=O)cc1. The third kappa shape index (κ3) is 7.05. The van der Waals surface area contributed by atoms with Crippen molar-refractivity contribution in [3.8, 4) is 0 Å². The lowest BCUT2D eigenvalue weighted by Crippen LogP contribution is -2.30. The molecule has 0 spiro atoms. The number of fused-ring (bicyclic) bond motifs is 2. The van der Waals surface area contributed by atoms with Gasteiger partial charge in [-0.1, -0.05) is 35.4 Å². The number of amides is 1. The van der Waals surface area contributed by atoms with Crippen molar-refractivity contribution in [2.24, 2.45) is 0 Å². The van der Waals surface area contributed by atoms with Crippen LogP contribution in [0.5, 0.6) is 0 Å². The Balaban J connectivity index is 1.45. The second kappa shape index (κ2) is 13.9. The molecule has 1 aliphatic rings. The lowest BCUT2D eigenvalue weighted by Gasteiger charge is -2.25. The highest BCUT2D eigenvalue weighted by molar-refractivity contribution is 6.32. The minimum Gasteiger partial charge on any atom is -0.394 e. The van der Waals surface area contributed by atoms with E-state index in [4.69, 9.17) is 5.11 Å². The Labute approximate surface area is 266 Å². The van der Waals surface area contributed by atoms with E-state index >= 15 is 0 Å². The molecular formula is C36H35N3O7. The van der Waals surface area contributed by atoms with Crippen LogP contribution in [0.2, 0.25) is 0 Å². The molecule has 4 aromatic carbocycles. The van der Waals surface area contributed by atoms with Crippen molar-refractivity contribution in [3.05, 3.63) is 118 Å². The van der Waals surface area contributed by atoms with Crippen LogP contribution in [0.3, 0.4) is 0 Å². The van der Waals surface area contributed by atoms with Crippen LogP contribution in [0.25, 0.3) is 0 Å². The first-order chi connectivity index (χ1) is 22.0. The first kappa shape index (κ1) is 32.2. The molecule has 4 aromatic rings. The molecule has 10 heteroatoms. The number of aliphatic hydroxyl groups excluding tert-OH is 2. The van der Waals surface area contributed by atoms with E-state index in [1.165, 1.54) is 18.2 Å². The average molecular weight is 622 g/mol. The van der Waals surface area contributed by atoms with E-state index < -0.39 is 30.2 Å². The molecule has 0 radical (unpaired) electrons. The smallest absolute Gasteiger partial charge is 0.277 e. The number of rotatable bonds is 12. The van der Waals surface area contributed by atoms with Gasteiger partial charge in [-0.3, -0.25) is 24.4 Å². The number of ketones is 3. The molecule has 0 saturated heterocycles. The topological polar surface area (TPSA) is 156 Å². The summed E-state index contributed by atoms with van der Waals surface area (Å²) in [5.41, 5.74) is 5.00. The summed E-state index contributed by atoms with van der Waals surface area (Å²) in [5.74, 6) is -1.97. The first-order valence-corrected chi connectivity index (χ1v) is 14.9. The molecule has 1 aliphatic carbocycles. The van der Waals surface area contributed by atoms with Crippen molar-refractivity contribution in [2.45, 2.75) is 39.2 Å². The number of Topliss-reactive ketones (excluding diaryl/α,β-unsaturated/α-hetero) is 1. The molecule has 5 N–H and O–H groups in total. The van der Waals surface area contributed by atoms with Gasteiger partial charge in [0.1, 0.15) is 5.78 Å². The number of carbonyl (C=O) groups excluding carboxylic acids is 4. The van der Waals surface area contributed by atoms with Crippen LogP contribution in [-0.2, 0) is 4.79 Å². The zero-order valence-corrected chi connectivity index (χ0v) is 25.5. The van der Waals surface area contributed by atoms with Crippen molar-refractivity contribution in [1.29, 1.82) is 0 Å². The first-order valence-electron chi connectivity index (χ1n) is 14.9. The lowest BCUT2D eigenvalue weighted by atomic mass is 9.81. The molecule has 5 rings (SSSR count). The Kier molecular flexibility index (Phi) is 9.72. The molecule has 0 bridgehead atoms. The van der Waals surface area contributed by atoms with Gasteiger partial charge in [0.05, 0.1) is 35.2 Å². The number of nitrogens with zero attached hydrogens (tertiary/aromatic N) is 1. The molecule has 1 amide bonds. The summed E-state index contributed by atoms with van der Waals surface area (Å²) in [6, 6.07) is 22.8. The molecule has 1 atom stereocenters. The van der Waals surface area contributed by atoms with Gasteiger partial charge in [-0.25, -0.2) is 5.06 Å². The molecular weight excluding hydrogens is 586 g/mol. The van der Waals surface area contributed by atoms with E-state index in [9.17, 15) is 29.5 Å². The van der Waals surface area contributed by atoms with Crippen LogP contribution in [-0.4, -0.2) is 63.0 Å². The van der Waals surface area contributed by atoms with Crippen molar-refractivity contribution in [2.75, 3.05) is 23.8 Å². The number of benzene rings is 4. The molecule has 0 heterocycles. The van der Waals surface area contributed by atoms with Crippen LogP contribution in [0.15, 0.2) is 78.9 Å². The van der Waals surface area contributed by atoms with Crippen LogP contribution in [0.1, 0.15) is 72.6 Å². The van der Waals surface area contributed by atoms with Crippen molar-refractivity contribution >= 4 is 46.0 Å². The van der Waals surface area contributed by atoms with Gasteiger partial charge in [0.2, 0.25) is 0 Å². The third-order valence-corrected chi connectivity index (χ3v) is 7.81. The van der Waals surface area contributed by atoms with Crippen LogP contribution < -0.4 is 10.6 Å². The number of carbonyl (C=O) groups is 4. The van der Waals surface area contributed by atoms with Crippen molar-refractivity contribution in [1.82, 2.24) is 5.06 Å². The molecule has 0 aliphatic heterocycles. The molecule has 10 nitrogen and oxygen atoms in total. The van der Waals surface area contributed by atoms with Gasteiger partial charge >= 0.3 is 0 Å². The summed E-state index contributed by atoms with van der Waals surface area (Å²) < 4.78 is 0. The van der Waals surface area contributed by atoms with Crippen LogP contribution in [0.4, 0.5) is 22.7 Å². The summed E-state index contributed by atoms with van der Waals surface area (Å²) >= 11 is 0. The van der Waals surface area contributed by atoms with Gasteiger partial charge in [-0.05, 0) is 74.9 Å². The Morgan fingerprint density at radius 1 is 0.761 bits per heavy atom. The largest absolute Gasteiger partial charge is 0.394 e. The third-order valence-electron chi connectivity index (χ3n) is 7.81. The van der Waals surface area contributed by atoms with E-state index in [1.54, 1.807) is 12.1 Å². The maximum absolute atomic E-state index is 14.2. The summed E-state index contributed by atoms with van der Waals surface area (Å²) in [7, 11) is 0. The Morgan fingerprint density at radius 2 is 1.28 bits per heavy atom. The van der Waals surface area contributed by atoms with Crippen molar-refractivity contribution in [3.63, 3.8) is 0 Å². The number of hydroxylamine groups is 2. The molecule has 0 fully saturated rings. The minimum absolute atomic E-state index is 0.00476. The highest BCUT2D eigenvalue weighted by atomic mass is 16.5. The number of anilines is 4. The average Bonchev–Trinajstić information content (AvgIpc) is 3.05. The zero-order chi connectivity index (χ0) is 33.0. The van der Waals surface area contributed by atoms with E-state index in [2.05, 4.69) is 10.6 Å². The van der Waals surface area contributed by atoms with E-state index in [0.717, 1.165) is 22.5 Å². The molecule has 0 aromatic heterocycles. The highest BCUT2D eigenvalue weighted by Crippen LogP contribution is 2.39. The Bertz CT molecular complexity index is 1800. The number of aliphatic hydroxyl groups is 2. The number of hydrogen-bond acceptors (Lipinski definition) is 9. The van der Waals surface area contributed by atoms with Gasteiger partial charge in [-0.2, -0.15) is 0 Å². The number of aryl methyl sites for hydroxylation is 2. The maximum atomic E-state index is 14.2. The minimum atomic E-state index is -1.15. The van der Waals surface area contributed by atoms with Gasteiger partial charge in [-0.15, -0.1) is 0 Å². The molecule has 236 valence electrons. The Morgan fingerprint density at radius 3 is 1.80 bits per heavy atom. The summed E-state index contributed by atoms with van der Waals surface area (Å²) in [5, 5.41) is 35.7. The zero-order valence-electron chi connectivity index (χ0n) is 25.5. The standard InChI is InChI=1S/C36H35N3O7/c1-21-5-10-24(11-6-21)37-30-15-16-31(38-25-12-7-22(2)8-13-25)33-32(30)34(43)28-14-9-23(18-29(28)35(33)44)36(45)39(46)17-3-4-26(41)19-27(42)20-40/h5-16,18,27,37-38,40,42,46H,3-4,17,19-20H2,1-2H3. The highest BCUT2D eigenvalue weighted by Gasteiger charge is 2.35. The molecule has 1 unspecified atom stereocenters. The van der Waals surface area contributed by atoms with Gasteiger partial charge in [0.25, 0.3) is 5.91 Å². The summed E-state index contributed by atoms with van der Waals surface area (Å²) in [6.45, 7) is 3.23.